The molecular weight excluding hydrogens is 555 g/mol. The maximum Gasteiger partial charge on any atom is 0.472 e. The third-order valence-corrected chi connectivity index (χ3v) is 8.90. The van der Waals surface area contributed by atoms with E-state index < -0.39 is 57.0 Å². The molecule has 0 heterocycles. The fourth-order valence-corrected chi connectivity index (χ4v) is 6.12. The third-order valence-electron chi connectivity index (χ3n) is 7.92. The first-order chi connectivity index (χ1) is 19.7. The summed E-state index contributed by atoms with van der Waals surface area (Å²) in [4.78, 5) is 10.1. The van der Waals surface area contributed by atoms with Crippen LogP contribution in [0.3, 0.4) is 0 Å². The predicted molar refractivity (Wildman–Crippen MR) is 156 cm³/mol. The molecule has 11 nitrogen and oxygen atoms in total. The van der Waals surface area contributed by atoms with E-state index in [0.717, 1.165) is 12.8 Å². The van der Waals surface area contributed by atoms with Gasteiger partial charge in [0.25, 0.3) is 0 Å². The molecule has 1 fully saturated rings. The lowest BCUT2D eigenvalue weighted by Gasteiger charge is -2.43. The molecule has 0 radical (unpaired) electrons. The average Bonchev–Trinajstić information content (AvgIpc) is 2.95. The molecule has 246 valence electrons. The van der Waals surface area contributed by atoms with E-state index in [1.165, 1.54) is 97.0 Å². The van der Waals surface area contributed by atoms with Crippen LogP contribution in [0.4, 0.5) is 0 Å². The van der Waals surface area contributed by atoms with Gasteiger partial charge in [0, 0.05) is 19.6 Å². The Hall–Kier alpha value is -0.170. The molecular formula is C29H59O11P. The van der Waals surface area contributed by atoms with E-state index >= 15 is 0 Å². The van der Waals surface area contributed by atoms with Gasteiger partial charge in [-0.1, -0.05) is 103 Å². The molecule has 1 saturated carbocycles. The zero-order chi connectivity index (χ0) is 30.5. The summed E-state index contributed by atoms with van der Waals surface area (Å²) in [5, 5.41) is 49.5. The van der Waals surface area contributed by atoms with E-state index in [0.29, 0.717) is 6.61 Å². The summed E-state index contributed by atoms with van der Waals surface area (Å²) in [5.41, 5.74) is 0. The van der Waals surface area contributed by atoms with Gasteiger partial charge < -0.3 is 39.9 Å². The van der Waals surface area contributed by atoms with Crippen LogP contribution in [0.25, 0.3) is 0 Å². The Morgan fingerprint density at radius 2 is 1.17 bits per heavy atom. The van der Waals surface area contributed by atoms with Gasteiger partial charge in [-0.05, 0) is 6.42 Å². The molecule has 12 heteroatoms. The van der Waals surface area contributed by atoms with Gasteiger partial charge >= 0.3 is 7.82 Å². The Balaban J connectivity index is 2.08. The standard InChI is InChI=1S/C29H59O11P/c1-3-4-5-6-7-8-9-10-11-12-13-14-15-16-17-18-19-38-21-23(37-2)22-39-41(35,36)40-29-26(32)24(20-30)25(31)27(33)28(29)34/h23-34H,3-22H2,1-2H3,(H,35,36)/t23-,24+,25-,26-,27+,28-,29-/m1/s1. The number of aliphatic hydroxyl groups is 5. The molecule has 1 rings (SSSR count). The third kappa shape index (κ3) is 16.5. The summed E-state index contributed by atoms with van der Waals surface area (Å²) in [5.74, 6) is -1.27. The van der Waals surface area contributed by atoms with Crippen LogP contribution in [-0.4, -0.2) is 101 Å². The van der Waals surface area contributed by atoms with Gasteiger partial charge in [-0.3, -0.25) is 9.05 Å². The van der Waals surface area contributed by atoms with E-state index in [1.54, 1.807) is 0 Å². The number of aliphatic hydroxyl groups excluding tert-OH is 5. The molecule has 0 bridgehead atoms. The highest BCUT2D eigenvalue weighted by Crippen LogP contribution is 2.47. The highest BCUT2D eigenvalue weighted by atomic mass is 31.2. The molecule has 0 aromatic carbocycles. The van der Waals surface area contributed by atoms with Crippen LogP contribution < -0.4 is 0 Å². The van der Waals surface area contributed by atoms with Crippen LogP contribution in [0.1, 0.15) is 110 Å². The van der Waals surface area contributed by atoms with Crippen LogP contribution in [0.15, 0.2) is 0 Å². The van der Waals surface area contributed by atoms with E-state index in [9.17, 15) is 35.0 Å². The summed E-state index contributed by atoms with van der Waals surface area (Å²) in [6, 6.07) is 0. The number of hydrogen-bond acceptors (Lipinski definition) is 10. The molecule has 0 saturated heterocycles. The SMILES string of the molecule is CCCCCCCCCCCCCCCCCCOC[C@H](COP(=O)(O)O[C@H]1[C@H](O)[C@@H](O)[C@H](O)[C@H](CO)[C@H]1O)OC. The Bertz CT molecular complexity index is 671. The molecule has 0 aromatic rings. The molecule has 6 N–H and O–H groups in total. The molecule has 0 aromatic heterocycles. The highest BCUT2D eigenvalue weighted by molar-refractivity contribution is 7.47. The van der Waals surface area contributed by atoms with Crippen molar-refractivity contribution in [2.24, 2.45) is 5.92 Å². The van der Waals surface area contributed by atoms with Crippen molar-refractivity contribution in [1.82, 2.24) is 0 Å². The van der Waals surface area contributed by atoms with E-state index in [1.807, 2.05) is 0 Å². The van der Waals surface area contributed by atoms with Gasteiger partial charge in [0.15, 0.2) is 0 Å². The van der Waals surface area contributed by atoms with Gasteiger partial charge in [-0.2, -0.15) is 0 Å². The zero-order valence-corrected chi connectivity index (χ0v) is 26.2. The van der Waals surface area contributed by atoms with Crippen molar-refractivity contribution >= 4 is 7.82 Å². The molecule has 1 unspecified atom stereocenters. The Labute approximate surface area is 247 Å². The minimum absolute atomic E-state index is 0.140. The lowest BCUT2D eigenvalue weighted by molar-refractivity contribution is -0.206. The second-order valence-corrected chi connectivity index (χ2v) is 12.8. The quantitative estimate of drug-likeness (QED) is 0.0617. The number of rotatable bonds is 26. The summed E-state index contributed by atoms with van der Waals surface area (Å²) < 4.78 is 33.1. The normalized spacial score (nSPS) is 27.1. The monoisotopic (exact) mass is 614 g/mol. The van der Waals surface area contributed by atoms with Crippen LogP contribution in [-0.2, 0) is 23.1 Å². The highest BCUT2D eigenvalue weighted by Gasteiger charge is 2.51. The van der Waals surface area contributed by atoms with Crippen molar-refractivity contribution in [3.05, 3.63) is 0 Å². The number of methoxy groups -OCH3 is 1. The largest absolute Gasteiger partial charge is 0.472 e. The van der Waals surface area contributed by atoms with Gasteiger partial charge in [0.1, 0.15) is 24.4 Å². The second kappa shape index (κ2) is 23.2. The summed E-state index contributed by atoms with van der Waals surface area (Å²) in [7, 11) is -3.38. The van der Waals surface area contributed by atoms with Gasteiger partial charge in [0.2, 0.25) is 0 Å². The minimum atomic E-state index is -4.79. The van der Waals surface area contributed by atoms with Crippen LogP contribution in [0, 0.1) is 5.92 Å². The maximum absolute atomic E-state index is 12.4. The van der Waals surface area contributed by atoms with Crippen molar-refractivity contribution in [2.75, 3.05) is 33.5 Å². The van der Waals surface area contributed by atoms with Gasteiger partial charge in [-0.15, -0.1) is 0 Å². The molecule has 0 spiro atoms. The van der Waals surface area contributed by atoms with Gasteiger partial charge in [0.05, 0.1) is 32.0 Å². The van der Waals surface area contributed by atoms with Crippen molar-refractivity contribution < 1.29 is 53.5 Å². The lowest BCUT2D eigenvalue weighted by Crippen LogP contribution is -2.62. The maximum atomic E-state index is 12.4. The molecule has 1 aliphatic carbocycles. The van der Waals surface area contributed by atoms with E-state index in [-0.39, 0.29) is 13.2 Å². The summed E-state index contributed by atoms with van der Waals surface area (Å²) in [6.45, 7) is 1.85. The Morgan fingerprint density at radius 3 is 1.63 bits per heavy atom. The van der Waals surface area contributed by atoms with Crippen molar-refractivity contribution in [2.45, 2.75) is 146 Å². The van der Waals surface area contributed by atoms with Crippen molar-refractivity contribution in [1.29, 1.82) is 0 Å². The fraction of sp³-hybridized carbons (Fsp3) is 1.00. The van der Waals surface area contributed by atoms with Crippen LogP contribution in [0.5, 0.6) is 0 Å². The topological polar surface area (TPSA) is 175 Å². The average molecular weight is 615 g/mol. The Kier molecular flexibility index (Phi) is 22.0. The lowest BCUT2D eigenvalue weighted by atomic mass is 9.79. The second-order valence-electron chi connectivity index (χ2n) is 11.4. The molecule has 0 amide bonds. The zero-order valence-electron chi connectivity index (χ0n) is 25.4. The molecule has 0 aliphatic heterocycles. The predicted octanol–water partition coefficient (Wildman–Crippen LogP) is 3.85. The first-order valence-electron chi connectivity index (χ1n) is 15.8. The summed E-state index contributed by atoms with van der Waals surface area (Å²) >= 11 is 0. The number of unbranched alkanes of at least 4 members (excludes halogenated alkanes) is 15. The number of phosphoric acid groups is 1. The van der Waals surface area contributed by atoms with Crippen LogP contribution in [0.2, 0.25) is 0 Å². The molecule has 1 aliphatic rings. The fourth-order valence-electron chi connectivity index (χ4n) is 5.15. The first kappa shape index (κ1) is 38.9. The van der Waals surface area contributed by atoms with E-state index in [2.05, 4.69) is 6.92 Å². The van der Waals surface area contributed by atoms with E-state index in [4.69, 9.17) is 18.5 Å². The number of phosphoric ester groups is 1. The number of ether oxygens (including phenoxy) is 2. The molecule has 41 heavy (non-hydrogen) atoms. The minimum Gasteiger partial charge on any atom is -0.396 e. The van der Waals surface area contributed by atoms with Crippen molar-refractivity contribution in [3.63, 3.8) is 0 Å². The number of hydrogen-bond donors (Lipinski definition) is 6. The summed E-state index contributed by atoms with van der Waals surface area (Å²) in [6.07, 6.45) is 11.3. The smallest absolute Gasteiger partial charge is 0.396 e. The Morgan fingerprint density at radius 1 is 0.683 bits per heavy atom. The van der Waals surface area contributed by atoms with Crippen molar-refractivity contribution in [3.8, 4) is 0 Å². The first-order valence-corrected chi connectivity index (χ1v) is 17.3. The van der Waals surface area contributed by atoms with Gasteiger partial charge in [-0.25, -0.2) is 4.57 Å². The van der Waals surface area contributed by atoms with Crippen LogP contribution >= 0.6 is 7.82 Å². The molecule has 8 atom stereocenters.